The van der Waals surface area contributed by atoms with E-state index in [0.717, 1.165) is 5.56 Å². The van der Waals surface area contributed by atoms with Crippen molar-refractivity contribution in [2.75, 3.05) is 20.7 Å². The van der Waals surface area contributed by atoms with Gasteiger partial charge >= 0.3 is 0 Å². The lowest BCUT2D eigenvalue weighted by Gasteiger charge is -2.18. The summed E-state index contributed by atoms with van der Waals surface area (Å²) in [6, 6.07) is 13.3. The molecular formula is C22H30N2O5S. The molecule has 2 aromatic rings. The van der Waals surface area contributed by atoms with Gasteiger partial charge in [-0.1, -0.05) is 26.0 Å². The summed E-state index contributed by atoms with van der Waals surface area (Å²) in [7, 11) is -0.551. The minimum Gasteiger partial charge on any atom is -0.497 e. The van der Waals surface area contributed by atoms with Crippen LogP contribution in [0.25, 0.3) is 0 Å². The second-order valence-corrected chi connectivity index (χ2v) is 9.52. The first-order chi connectivity index (χ1) is 14.1. The van der Waals surface area contributed by atoms with Crippen molar-refractivity contribution >= 4 is 15.9 Å². The topological polar surface area (TPSA) is 84.9 Å². The average Bonchev–Trinajstić information content (AvgIpc) is 2.72. The Morgan fingerprint density at radius 3 is 2.10 bits per heavy atom. The molecule has 1 amide bonds. The zero-order chi connectivity index (χ0) is 22.3. The van der Waals surface area contributed by atoms with Crippen LogP contribution in [0.2, 0.25) is 0 Å². The predicted molar refractivity (Wildman–Crippen MR) is 116 cm³/mol. The number of hydrogen-bond acceptors (Lipinski definition) is 5. The summed E-state index contributed by atoms with van der Waals surface area (Å²) >= 11 is 0. The number of hydrogen-bond donors (Lipinski definition) is 1. The molecule has 0 unspecified atom stereocenters. The summed E-state index contributed by atoms with van der Waals surface area (Å²) in [5.74, 6) is 1.28. The van der Waals surface area contributed by atoms with Gasteiger partial charge in [-0.15, -0.1) is 0 Å². The molecule has 30 heavy (non-hydrogen) atoms. The van der Waals surface area contributed by atoms with Crippen molar-refractivity contribution < 1.29 is 22.7 Å². The molecule has 0 aliphatic rings. The number of ether oxygens (including phenoxy) is 2. The first kappa shape index (κ1) is 23.7. The number of rotatable bonds is 10. The lowest BCUT2D eigenvalue weighted by atomic mass is 10.2. The Bertz CT molecular complexity index is 925. The van der Waals surface area contributed by atoms with E-state index in [1.165, 1.54) is 23.5 Å². The highest BCUT2D eigenvalue weighted by Gasteiger charge is 2.21. The van der Waals surface area contributed by atoms with E-state index in [9.17, 15) is 13.2 Å². The highest BCUT2D eigenvalue weighted by molar-refractivity contribution is 7.89. The normalized spacial score (nSPS) is 12.6. The third kappa shape index (κ3) is 6.47. The summed E-state index contributed by atoms with van der Waals surface area (Å²) in [5, 5.41) is 2.81. The summed E-state index contributed by atoms with van der Waals surface area (Å²) in [4.78, 5) is 12.2. The molecule has 2 rings (SSSR count). The second-order valence-electron chi connectivity index (χ2n) is 7.48. The predicted octanol–water partition coefficient (Wildman–Crippen LogP) is 3.06. The standard InChI is InChI=1S/C22H30N2O5S/c1-16(2)14-23-22(25)17(3)29-20-10-12-21(13-11-20)30(26,27)24(4)15-18-6-8-19(28-5)9-7-18/h6-13,16-17H,14-15H2,1-5H3,(H,23,25)/t17-/m1/s1. The van der Waals surface area contributed by atoms with Crippen LogP contribution in [0.5, 0.6) is 11.5 Å². The van der Waals surface area contributed by atoms with Crippen LogP contribution in [0.4, 0.5) is 0 Å². The van der Waals surface area contributed by atoms with Gasteiger partial charge in [0.05, 0.1) is 12.0 Å². The van der Waals surface area contributed by atoms with E-state index in [2.05, 4.69) is 5.32 Å². The summed E-state index contributed by atoms with van der Waals surface area (Å²) in [5.41, 5.74) is 0.850. The zero-order valence-electron chi connectivity index (χ0n) is 18.1. The van der Waals surface area contributed by atoms with E-state index < -0.39 is 16.1 Å². The second kappa shape index (κ2) is 10.4. The Morgan fingerprint density at radius 1 is 1.00 bits per heavy atom. The van der Waals surface area contributed by atoms with Crippen LogP contribution in [0.1, 0.15) is 26.3 Å². The van der Waals surface area contributed by atoms with Crippen molar-refractivity contribution in [3.8, 4) is 11.5 Å². The summed E-state index contributed by atoms with van der Waals surface area (Å²) < 4.78 is 37.7. The fourth-order valence-corrected chi connectivity index (χ4v) is 3.81. The van der Waals surface area contributed by atoms with Gasteiger partial charge in [0, 0.05) is 20.1 Å². The van der Waals surface area contributed by atoms with E-state index in [-0.39, 0.29) is 17.3 Å². The van der Waals surface area contributed by atoms with E-state index in [1.54, 1.807) is 38.3 Å². The Morgan fingerprint density at radius 2 is 1.57 bits per heavy atom. The molecule has 0 heterocycles. The van der Waals surface area contributed by atoms with Gasteiger partial charge in [-0.2, -0.15) is 4.31 Å². The molecule has 0 aromatic heterocycles. The Balaban J connectivity index is 2.01. The molecule has 0 saturated heterocycles. The van der Waals surface area contributed by atoms with Gasteiger partial charge in [-0.05, 0) is 54.8 Å². The van der Waals surface area contributed by atoms with Gasteiger partial charge in [-0.25, -0.2) is 8.42 Å². The first-order valence-corrected chi connectivity index (χ1v) is 11.2. The van der Waals surface area contributed by atoms with Crippen molar-refractivity contribution in [3.05, 3.63) is 54.1 Å². The lowest BCUT2D eigenvalue weighted by Crippen LogP contribution is -2.38. The summed E-state index contributed by atoms with van der Waals surface area (Å²) in [6.45, 7) is 6.48. The third-order valence-electron chi connectivity index (χ3n) is 4.46. The maximum Gasteiger partial charge on any atom is 0.260 e. The number of nitrogens with one attached hydrogen (secondary N) is 1. The number of amides is 1. The fourth-order valence-electron chi connectivity index (χ4n) is 2.65. The largest absolute Gasteiger partial charge is 0.497 e. The van der Waals surface area contributed by atoms with Gasteiger partial charge in [0.2, 0.25) is 10.0 Å². The van der Waals surface area contributed by atoms with Gasteiger partial charge in [0.25, 0.3) is 5.91 Å². The molecule has 164 valence electrons. The van der Waals surface area contributed by atoms with Crippen LogP contribution in [0.15, 0.2) is 53.4 Å². The number of carbonyl (C=O) groups is 1. The molecule has 8 heteroatoms. The van der Waals surface area contributed by atoms with Crippen molar-refractivity contribution in [2.45, 2.75) is 38.3 Å². The van der Waals surface area contributed by atoms with Crippen molar-refractivity contribution in [1.82, 2.24) is 9.62 Å². The number of sulfonamides is 1. The summed E-state index contributed by atoms with van der Waals surface area (Å²) in [6.07, 6.45) is -0.677. The number of benzene rings is 2. The monoisotopic (exact) mass is 434 g/mol. The Labute approximate surface area is 179 Å². The first-order valence-electron chi connectivity index (χ1n) is 9.77. The van der Waals surface area contributed by atoms with E-state index in [4.69, 9.17) is 9.47 Å². The molecule has 2 aromatic carbocycles. The molecule has 0 saturated carbocycles. The molecule has 0 spiro atoms. The number of carbonyl (C=O) groups excluding carboxylic acids is 1. The SMILES string of the molecule is COc1ccc(CN(C)S(=O)(=O)c2ccc(O[C@H](C)C(=O)NCC(C)C)cc2)cc1. The van der Waals surface area contributed by atoms with Crippen molar-refractivity contribution in [1.29, 1.82) is 0 Å². The van der Waals surface area contributed by atoms with Crippen LogP contribution in [-0.2, 0) is 21.4 Å². The smallest absolute Gasteiger partial charge is 0.260 e. The minimum atomic E-state index is -3.67. The molecule has 0 bridgehead atoms. The van der Waals surface area contributed by atoms with Crippen LogP contribution in [0, 0.1) is 5.92 Å². The number of methoxy groups -OCH3 is 1. The molecule has 0 aliphatic carbocycles. The van der Waals surface area contributed by atoms with Gasteiger partial charge < -0.3 is 14.8 Å². The highest BCUT2D eigenvalue weighted by atomic mass is 32.2. The average molecular weight is 435 g/mol. The maximum absolute atomic E-state index is 12.8. The van der Waals surface area contributed by atoms with E-state index >= 15 is 0 Å². The van der Waals surface area contributed by atoms with E-state index in [0.29, 0.717) is 24.0 Å². The lowest BCUT2D eigenvalue weighted by molar-refractivity contribution is -0.127. The fraction of sp³-hybridized carbons (Fsp3) is 0.409. The highest BCUT2D eigenvalue weighted by Crippen LogP contribution is 2.21. The van der Waals surface area contributed by atoms with Gasteiger partial charge in [0.1, 0.15) is 11.5 Å². The van der Waals surface area contributed by atoms with Crippen molar-refractivity contribution in [3.63, 3.8) is 0 Å². The number of nitrogens with zero attached hydrogens (tertiary/aromatic N) is 1. The molecular weight excluding hydrogens is 404 g/mol. The van der Waals surface area contributed by atoms with Gasteiger partial charge in [-0.3, -0.25) is 4.79 Å². The Hall–Kier alpha value is -2.58. The van der Waals surface area contributed by atoms with Crippen molar-refractivity contribution in [2.24, 2.45) is 5.92 Å². The molecule has 1 atom stereocenters. The molecule has 0 radical (unpaired) electrons. The van der Waals surface area contributed by atoms with Crippen LogP contribution >= 0.6 is 0 Å². The van der Waals surface area contributed by atoms with Crippen LogP contribution in [0.3, 0.4) is 0 Å². The molecule has 0 fully saturated rings. The Kier molecular flexibility index (Phi) is 8.25. The molecule has 7 nitrogen and oxygen atoms in total. The van der Waals surface area contributed by atoms with Crippen LogP contribution < -0.4 is 14.8 Å². The maximum atomic E-state index is 12.8. The minimum absolute atomic E-state index is 0.155. The molecule has 0 aliphatic heterocycles. The third-order valence-corrected chi connectivity index (χ3v) is 6.28. The van der Waals surface area contributed by atoms with Gasteiger partial charge in [0.15, 0.2) is 6.10 Å². The van der Waals surface area contributed by atoms with E-state index in [1.807, 2.05) is 26.0 Å². The zero-order valence-corrected chi connectivity index (χ0v) is 18.9. The molecule has 1 N–H and O–H groups in total. The van der Waals surface area contributed by atoms with Crippen LogP contribution in [-0.4, -0.2) is 45.4 Å². The quantitative estimate of drug-likeness (QED) is 0.621.